The molecule has 13 heteroatoms. The van der Waals surface area contributed by atoms with E-state index in [9.17, 15) is 31.0 Å². The molecule has 1 saturated heterocycles. The van der Waals surface area contributed by atoms with Crippen LogP contribution < -0.4 is 10.2 Å². The Hall–Kier alpha value is -2.80. The molecule has 0 radical (unpaired) electrons. The van der Waals surface area contributed by atoms with E-state index in [0.29, 0.717) is 0 Å². The summed E-state index contributed by atoms with van der Waals surface area (Å²) in [4.78, 5) is 18.1. The number of pyridine rings is 1. The van der Waals surface area contributed by atoms with Crippen molar-refractivity contribution in [2.24, 2.45) is 0 Å². The van der Waals surface area contributed by atoms with Crippen LogP contribution in [0.25, 0.3) is 0 Å². The van der Waals surface area contributed by atoms with Gasteiger partial charge in [-0.25, -0.2) is 22.8 Å². The Bertz CT molecular complexity index is 1240. The molecule has 192 valence electrons. The van der Waals surface area contributed by atoms with Crippen LogP contribution in [0.15, 0.2) is 35.5 Å². The molecule has 3 rings (SSSR count). The third-order valence-electron chi connectivity index (χ3n) is 5.93. The fourth-order valence-electron chi connectivity index (χ4n) is 4.11. The van der Waals surface area contributed by atoms with E-state index in [1.807, 2.05) is 0 Å². The lowest BCUT2D eigenvalue weighted by Crippen LogP contribution is -2.49. The first-order valence-corrected chi connectivity index (χ1v) is 12.4. The standard InChI is InChI=1S/C22H25F5N4O3S/c1-12(2)18-15(6-5-14(23)19(18)24)31-11-21(34-3,22(25,26)27)10-16(31)20(32)30-13-7-8-29-17(9-13)35(4,28)33/h5-9,12,16,28H,10-11H2,1-4H3,(H,29,30,32)/t16-,21-,35-/m1/s1. The number of carbonyl (C=O) groups excluding carboxylic acids is 1. The number of carbonyl (C=O) groups is 1. The third-order valence-corrected chi connectivity index (χ3v) is 6.95. The van der Waals surface area contributed by atoms with Crippen molar-refractivity contribution in [1.29, 1.82) is 4.78 Å². The Morgan fingerprint density at radius 2 is 1.97 bits per heavy atom. The molecule has 0 unspecified atom stereocenters. The summed E-state index contributed by atoms with van der Waals surface area (Å²) in [6.07, 6.45) is -3.34. The number of anilines is 2. The number of aromatic nitrogens is 1. The lowest BCUT2D eigenvalue weighted by molar-refractivity contribution is -0.261. The molecule has 1 aromatic carbocycles. The molecule has 1 amide bonds. The molecule has 1 fully saturated rings. The molecule has 2 aromatic rings. The van der Waals surface area contributed by atoms with Gasteiger partial charge in [0.25, 0.3) is 0 Å². The Labute approximate surface area is 199 Å². The molecule has 0 aliphatic carbocycles. The Kier molecular flexibility index (Phi) is 7.15. The van der Waals surface area contributed by atoms with E-state index in [0.717, 1.165) is 30.4 Å². The Morgan fingerprint density at radius 3 is 2.51 bits per heavy atom. The van der Waals surface area contributed by atoms with Crippen LogP contribution in [0.2, 0.25) is 0 Å². The van der Waals surface area contributed by atoms with Crippen LogP contribution in [0.5, 0.6) is 0 Å². The second-order valence-electron chi connectivity index (χ2n) is 8.71. The van der Waals surface area contributed by atoms with Gasteiger partial charge < -0.3 is 15.0 Å². The summed E-state index contributed by atoms with van der Waals surface area (Å²) in [6, 6.07) is 2.99. The molecule has 1 aliphatic rings. The van der Waals surface area contributed by atoms with Crippen molar-refractivity contribution in [3.63, 3.8) is 0 Å². The zero-order chi connectivity index (χ0) is 26.3. The zero-order valence-electron chi connectivity index (χ0n) is 19.4. The SMILES string of the molecule is CO[C@]1(C(F)(F)F)C[C@H](C(=O)Nc2ccnc([S@](C)(=N)=O)c2)N(c2ccc(F)c(F)c2C(C)C)C1. The van der Waals surface area contributed by atoms with Gasteiger partial charge in [0.2, 0.25) is 5.91 Å². The molecule has 0 spiro atoms. The number of hydrogen-bond acceptors (Lipinski definition) is 6. The van der Waals surface area contributed by atoms with Crippen molar-refractivity contribution >= 4 is 27.0 Å². The lowest BCUT2D eigenvalue weighted by Gasteiger charge is -2.31. The smallest absolute Gasteiger partial charge is 0.367 e. The monoisotopic (exact) mass is 520 g/mol. The first-order valence-electron chi connectivity index (χ1n) is 10.5. The molecule has 1 aromatic heterocycles. The number of halogens is 5. The molecular formula is C22H25F5N4O3S. The van der Waals surface area contributed by atoms with Gasteiger partial charge in [0.15, 0.2) is 17.2 Å². The van der Waals surface area contributed by atoms with Gasteiger partial charge in [0, 0.05) is 42.9 Å². The molecule has 0 saturated carbocycles. The maximum absolute atomic E-state index is 14.7. The Balaban J connectivity index is 2.09. The average molecular weight is 521 g/mol. The maximum Gasteiger partial charge on any atom is 0.419 e. The lowest BCUT2D eigenvalue weighted by atomic mass is 9.98. The van der Waals surface area contributed by atoms with Gasteiger partial charge in [-0.05, 0) is 30.2 Å². The predicted octanol–water partition coefficient (Wildman–Crippen LogP) is 4.68. The number of methoxy groups -OCH3 is 1. The fraction of sp³-hybridized carbons (Fsp3) is 0.455. The molecular weight excluding hydrogens is 495 g/mol. The minimum Gasteiger partial charge on any atom is -0.367 e. The van der Waals surface area contributed by atoms with E-state index >= 15 is 0 Å². The minimum absolute atomic E-state index is 0.0552. The van der Waals surface area contributed by atoms with Crippen LogP contribution in [-0.2, 0) is 19.3 Å². The number of alkyl halides is 3. The largest absolute Gasteiger partial charge is 0.419 e. The summed E-state index contributed by atoms with van der Waals surface area (Å²) in [5.41, 5.74) is -2.89. The van der Waals surface area contributed by atoms with Gasteiger partial charge in [-0.3, -0.25) is 4.79 Å². The van der Waals surface area contributed by atoms with Gasteiger partial charge >= 0.3 is 6.18 Å². The summed E-state index contributed by atoms with van der Waals surface area (Å²) in [7, 11) is -2.34. The van der Waals surface area contributed by atoms with Crippen molar-refractivity contribution in [3.8, 4) is 0 Å². The van der Waals surface area contributed by atoms with E-state index in [1.54, 1.807) is 13.8 Å². The van der Waals surface area contributed by atoms with Crippen molar-refractivity contribution in [2.45, 2.75) is 49.0 Å². The number of benzene rings is 1. The van der Waals surface area contributed by atoms with E-state index in [2.05, 4.69) is 10.3 Å². The van der Waals surface area contributed by atoms with Gasteiger partial charge in [-0.15, -0.1) is 0 Å². The van der Waals surface area contributed by atoms with E-state index < -0.39 is 64.0 Å². The van der Waals surface area contributed by atoms with Gasteiger partial charge in [-0.2, -0.15) is 13.2 Å². The van der Waals surface area contributed by atoms with Crippen molar-refractivity contribution in [3.05, 3.63) is 47.7 Å². The van der Waals surface area contributed by atoms with Crippen LogP contribution in [0.4, 0.5) is 33.3 Å². The first kappa shape index (κ1) is 26.8. The summed E-state index contributed by atoms with van der Waals surface area (Å²) in [5.74, 6) is -3.84. The highest BCUT2D eigenvalue weighted by Crippen LogP contribution is 2.46. The molecule has 2 heterocycles. The molecule has 0 bridgehead atoms. The fourth-order valence-corrected chi connectivity index (χ4v) is 4.72. The van der Waals surface area contributed by atoms with Crippen LogP contribution >= 0.6 is 0 Å². The topological polar surface area (TPSA) is 95.4 Å². The number of nitrogens with zero attached hydrogens (tertiary/aromatic N) is 2. The van der Waals surface area contributed by atoms with E-state index in [4.69, 9.17) is 9.52 Å². The highest BCUT2D eigenvalue weighted by molar-refractivity contribution is 7.91. The summed E-state index contributed by atoms with van der Waals surface area (Å²) >= 11 is 0. The number of hydrogen-bond donors (Lipinski definition) is 2. The van der Waals surface area contributed by atoms with Crippen molar-refractivity contribution in [2.75, 3.05) is 30.1 Å². The minimum atomic E-state index is -4.87. The van der Waals surface area contributed by atoms with Crippen molar-refractivity contribution < 1.29 is 35.7 Å². The second kappa shape index (κ2) is 9.34. The molecule has 2 N–H and O–H groups in total. The van der Waals surface area contributed by atoms with Crippen molar-refractivity contribution in [1.82, 2.24) is 4.98 Å². The molecule has 7 nitrogen and oxygen atoms in total. The van der Waals surface area contributed by atoms with Gasteiger partial charge in [0.05, 0.1) is 16.3 Å². The highest BCUT2D eigenvalue weighted by atomic mass is 32.2. The zero-order valence-corrected chi connectivity index (χ0v) is 20.2. The number of ether oxygens (including phenoxy) is 1. The summed E-state index contributed by atoms with van der Waals surface area (Å²) < 4.78 is 95.4. The van der Waals surface area contributed by atoms with Crippen LogP contribution in [0.3, 0.4) is 0 Å². The third kappa shape index (κ3) is 5.10. The van der Waals surface area contributed by atoms with Gasteiger partial charge in [-0.1, -0.05) is 13.8 Å². The van der Waals surface area contributed by atoms with Gasteiger partial charge in [0.1, 0.15) is 11.1 Å². The summed E-state index contributed by atoms with van der Waals surface area (Å²) in [6.45, 7) is 2.29. The number of rotatable bonds is 6. The predicted molar refractivity (Wildman–Crippen MR) is 120 cm³/mol. The van der Waals surface area contributed by atoms with E-state index in [-0.39, 0.29) is 22.0 Å². The number of amides is 1. The molecule has 1 aliphatic heterocycles. The van der Waals surface area contributed by atoms with Crippen LogP contribution in [-0.4, -0.2) is 52.8 Å². The normalized spacial score (nSPS) is 22.3. The Morgan fingerprint density at radius 1 is 1.31 bits per heavy atom. The van der Waals surface area contributed by atoms with Crippen LogP contribution in [0, 0.1) is 16.4 Å². The quantitative estimate of drug-likeness (QED) is 0.540. The summed E-state index contributed by atoms with van der Waals surface area (Å²) in [5, 5.41) is 2.34. The number of nitrogens with one attached hydrogen (secondary N) is 2. The molecule has 3 atom stereocenters. The first-order chi connectivity index (χ1) is 16.1. The van der Waals surface area contributed by atoms with E-state index in [1.165, 1.54) is 18.3 Å². The maximum atomic E-state index is 14.7. The average Bonchev–Trinajstić information content (AvgIpc) is 3.16. The van der Waals surface area contributed by atoms with Crippen LogP contribution in [0.1, 0.15) is 31.7 Å². The highest BCUT2D eigenvalue weighted by Gasteiger charge is 2.63. The second-order valence-corrected chi connectivity index (χ2v) is 10.8. The molecule has 35 heavy (non-hydrogen) atoms.